The van der Waals surface area contributed by atoms with Crippen LogP contribution in [-0.4, -0.2) is 32.7 Å². The Hall–Kier alpha value is -1.92. The van der Waals surface area contributed by atoms with Gasteiger partial charge in [-0.05, 0) is 17.7 Å². The van der Waals surface area contributed by atoms with Gasteiger partial charge >= 0.3 is 5.97 Å². The number of thioether (sulfide) groups is 1. The van der Waals surface area contributed by atoms with Crippen molar-refractivity contribution < 1.29 is 14.7 Å². The number of carbonyl (C=O) groups excluding carboxylic acids is 1. The van der Waals surface area contributed by atoms with Gasteiger partial charge in [0.1, 0.15) is 4.32 Å². The van der Waals surface area contributed by atoms with Gasteiger partial charge < -0.3 is 5.11 Å². The minimum atomic E-state index is -1.03. The van der Waals surface area contributed by atoms with Crippen LogP contribution in [0.2, 0.25) is 0 Å². The monoisotopic (exact) mass is 305 g/mol. The summed E-state index contributed by atoms with van der Waals surface area (Å²) in [6.45, 7) is 3.93. The van der Waals surface area contributed by atoms with E-state index < -0.39 is 5.97 Å². The van der Waals surface area contributed by atoms with Crippen LogP contribution in [0.5, 0.6) is 0 Å². The molecule has 2 rings (SSSR count). The summed E-state index contributed by atoms with van der Waals surface area (Å²) >= 11 is 6.29. The maximum absolute atomic E-state index is 12.1. The molecule has 0 radical (unpaired) electrons. The van der Waals surface area contributed by atoms with Crippen LogP contribution in [0.15, 0.2) is 41.8 Å². The number of hydrogen-bond acceptors (Lipinski definition) is 4. The zero-order valence-corrected chi connectivity index (χ0v) is 12.0. The zero-order chi connectivity index (χ0) is 14.7. The first-order valence-electron chi connectivity index (χ1n) is 5.73. The van der Waals surface area contributed by atoms with Crippen molar-refractivity contribution in [2.45, 2.75) is 0 Å². The summed E-state index contributed by atoms with van der Waals surface area (Å²) in [7, 11) is 0. The molecule has 0 bridgehead atoms. The SMILES string of the molecule is C=CCN1C(=O)/C(=C\c2ccccc2C(=O)O)SC1=S. The van der Waals surface area contributed by atoms with Gasteiger partial charge in [0.05, 0.1) is 10.5 Å². The second-order valence-electron chi connectivity index (χ2n) is 3.97. The number of amides is 1. The highest BCUT2D eigenvalue weighted by Gasteiger charge is 2.31. The lowest BCUT2D eigenvalue weighted by atomic mass is 10.1. The Kier molecular flexibility index (Phi) is 4.36. The summed E-state index contributed by atoms with van der Waals surface area (Å²) in [5.41, 5.74) is 0.639. The molecule has 1 amide bonds. The third kappa shape index (κ3) is 2.81. The van der Waals surface area contributed by atoms with Gasteiger partial charge in [-0.3, -0.25) is 9.69 Å². The average Bonchev–Trinajstić information content (AvgIpc) is 2.67. The average molecular weight is 305 g/mol. The van der Waals surface area contributed by atoms with Gasteiger partial charge in [-0.2, -0.15) is 0 Å². The number of hydrogen-bond donors (Lipinski definition) is 1. The van der Waals surface area contributed by atoms with Crippen molar-refractivity contribution in [1.82, 2.24) is 4.90 Å². The summed E-state index contributed by atoms with van der Waals surface area (Å²) in [4.78, 5) is 25.1. The molecule has 0 unspecified atom stereocenters. The van der Waals surface area contributed by atoms with E-state index in [-0.39, 0.29) is 11.5 Å². The number of rotatable bonds is 4. The van der Waals surface area contributed by atoms with Crippen LogP contribution in [0.25, 0.3) is 6.08 Å². The fraction of sp³-hybridized carbons (Fsp3) is 0.0714. The quantitative estimate of drug-likeness (QED) is 0.526. The fourth-order valence-corrected chi connectivity index (χ4v) is 3.01. The zero-order valence-electron chi connectivity index (χ0n) is 10.4. The lowest BCUT2D eigenvalue weighted by molar-refractivity contribution is -0.121. The number of thiocarbonyl (C=S) groups is 1. The molecule has 20 heavy (non-hydrogen) atoms. The van der Waals surface area contributed by atoms with Gasteiger partial charge in [0.2, 0.25) is 0 Å². The molecule has 1 aromatic rings. The third-order valence-electron chi connectivity index (χ3n) is 2.66. The van der Waals surface area contributed by atoms with E-state index >= 15 is 0 Å². The maximum Gasteiger partial charge on any atom is 0.336 e. The molecule has 0 saturated carbocycles. The third-order valence-corrected chi connectivity index (χ3v) is 4.04. The number of aromatic carboxylic acids is 1. The molecule has 0 spiro atoms. The van der Waals surface area contributed by atoms with Gasteiger partial charge in [-0.15, -0.1) is 6.58 Å². The number of carboxylic acids is 1. The summed E-state index contributed by atoms with van der Waals surface area (Å²) in [5.74, 6) is -1.25. The van der Waals surface area contributed by atoms with E-state index in [1.165, 1.54) is 22.7 Å². The van der Waals surface area contributed by atoms with E-state index in [1.807, 2.05) is 0 Å². The molecule has 102 valence electrons. The molecular formula is C14H11NO3S2. The largest absolute Gasteiger partial charge is 0.478 e. The predicted molar refractivity (Wildman–Crippen MR) is 83.5 cm³/mol. The summed E-state index contributed by atoms with van der Waals surface area (Å²) in [6.07, 6.45) is 3.16. The second kappa shape index (κ2) is 6.02. The van der Waals surface area contributed by atoms with Crippen LogP contribution < -0.4 is 0 Å². The molecule has 1 fully saturated rings. The van der Waals surface area contributed by atoms with E-state index in [0.29, 0.717) is 21.3 Å². The van der Waals surface area contributed by atoms with E-state index in [4.69, 9.17) is 17.3 Å². The van der Waals surface area contributed by atoms with Crippen molar-refractivity contribution in [2.75, 3.05) is 6.54 Å². The molecule has 1 heterocycles. The Balaban J connectivity index is 2.38. The summed E-state index contributed by atoms with van der Waals surface area (Å²) in [5, 5.41) is 9.12. The molecule has 6 heteroatoms. The normalized spacial score (nSPS) is 16.8. The first-order valence-corrected chi connectivity index (χ1v) is 6.95. The van der Waals surface area contributed by atoms with Crippen molar-refractivity contribution in [2.24, 2.45) is 0 Å². The Morgan fingerprint density at radius 2 is 2.15 bits per heavy atom. The Morgan fingerprint density at radius 1 is 1.45 bits per heavy atom. The molecule has 1 aliphatic rings. The van der Waals surface area contributed by atoms with Crippen molar-refractivity contribution in [3.8, 4) is 0 Å². The summed E-state index contributed by atoms with van der Waals surface area (Å²) < 4.78 is 0.453. The van der Waals surface area contributed by atoms with E-state index in [9.17, 15) is 9.59 Å². The smallest absolute Gasteiger partial charge is 0.336 e. The highest BCUT2D eigenvalue weighted by molar-refractivity contribution is 8.26. The van der Waals surface area contributed by atoms with Crippen LogP contribution in [0, 0.1) is 0 Å². The van der Waals surface area contributed by atoms with Crippen LogP contribution in [-0.2, 0) is 4.79 Å². The number of benzene rings is 1. The molecule has 1 aliphatic heterocycles. The van der Waals surface area contributed by atoms with Gasteiger partial charge in [0.25, 0.3) is 5.91 Å². The summed E-state index contributed by atoms with van der Waals surface area (Å²) in [6, 6.07) is 6.52. The van der Waals surface area contributed by atoms with E-state index in [0.717, 1.165) is 0 Å². The second-order valence-corrected chi connectivity index (χ2v) is 5.65. The van der Waals surface area contributed by atoms with Crippen LogP contribution >= 0.6 is 24.0 Å². The van der Waals surface area contributed by atoms with Crippen LogP contribution in [0.4, 0.5) is 0 Å². The topological polar surface area (TPSA) is 57.6 Å². The van der Waals surface area contributed by atoms with Crippen molar-refractivity contribution >= 4 is 46.3 Å². The molecule has 1 saturated heterocycles. The first kappa shape index (κ1) is 14.5. The van der Waals surface area contributed by atoms with Crippen LogP contribution in [0.1, 0.15) is 15.9 Å². The molecule has 0 atom stereocenters. The fourth-order valence-electron chi connectivity index (χ4n) is 1.75. The Labute approximate surface area is 125 Å². The Bertz CT molecular complexity index is 637. The number of carbonyl (C=O) groups is 2. The highest BCUT2D eigenvalue weighted by Crippen LogP contribution is 2.32. The predicted octanol–water partition coefficient (Wildman–Crippen LogP) is 2.77. The molecule has 4 nitrogen and oxygen atoms in total. The minimum absolute atomic E-state index is 0.154. The molecule has 1 N–H and O–H groups in total. The molecule has 1 aromatic carbocycles. The van der Waals surface area contributed by atoms with Crippen LogP contribution in [0.3, 0.4) is 0 Å². The molecule has 0 aliphatic carbocycles. The lowest BCUT2D eigenvalue weighted by Gasteiger charge is -2.10. The van der Waals surface area contributed by atoms with Gasteiger partial charge in [0, 0.05) is 6.54 Å². The lowest BCUT2D eigenvalue weighted by Crippen LogP contribution is -2.27. The minimum Gasteiger partial charge on any atom is -0.478 e. The van der Waals surface area contributed by atoms with Crippen molar-refractivity contribution in [1.29, 1.82) is 0 Å². The van der Waals surface area contributed by atoms with Crippen molar-refractivity contribution in [3.05, 3.63) is 53.0 Å². The van der Waals surface area contributed by atoms with E-state index in [1.54, 1.807) is 30.4 Å². The van der Waals surface area contributed by atoms with Gasteiger partial charge in [-0.25, -0.2) is 4.79 Å². The number of carboxylic acid groups (broad SMARTS) is 1. The molecule has 0 aromatic heterocycles. The maximum atomic E-state index is 12.1. The first-order chi connectivity index (χ1) is 9.54. The standard InChI is InChI=1S/C14H11NO3S2/c1-2-7-15-12(16)11(20-14(15)19)8-9-5-3-4-6-10(9)13(17)18/h2-6,8H,1,7H2,(H,17,18)/b11-8+. The Morgan fingerprint density at radius 3 is 2.80 bits per heavy atom. The van der Waals surface area contributed by atoms with Gasteiger partial charge in [0.15, 0.2) is 0 Å². The van der Waals surface area contributed by atoms with Crippen molar-refractivity contribution in [3.63, 3.8) is 0 Å². The number of nitrogens with zero attached hydrogens (tertiary/aromatic N) is 1. The highest BCUT2D eigenvalue weighted by atomic mass is 32.2. The molecular weight excluding hydrogens is 294 g/mol. The van der Waals surface area contributed by atoms with E-state index in [2.05, 4.69) is 6.58 Å². The van der Waals surface area contributed by atoms with Gasteiger partial charge in [-0.1, -0.05) is 48.3 Å².